The zero-order valence-corrected chi connectivity index (χ0v) is 13.7. The van der Waals surface area contributed by atoms with Gasteiger partial charge in [0.25, 0.3) is 0 Å². The number of carbonyl (C=O) groups excluding carboxylic acids is 2. The first-order valence-corrected chi connectivity index (χ1v) is 7.88. The molecule has 1 aromatic heterocycles. The quantitative estimate of drug-likeness (QED) is 0.702. The monoisotopic (exact) mass is 321 g/mol. The van der Waals surface area contributed by atoms with Gasteiger partial charge in [-0.3, -0.25) is 14.9 Å². The van der Waals surface area contributed by atoms with E-state index in [0.717, 1.165) is 22.2 Å². The fourth-order valence-corrected chi connectivity index (χ4v) is 2.60. The molecule has 0 fully saturated rings. The minimum Gasteiger partial charge on any atom is -0.324 e. The second-order valence-electron chi connectivity index (χ2n) is 5.89. The van der Waals surface area contributed by atoms with Crippen LogP contribution >= 0.6 is 0 Å². The topological polar surface area (TPSA) is 74.8 Å². The maximum absolute atomic E-state index is 12.3. The van der Waals surface area contributed by atoms with Crippen LogP contribution in [0.1, 0.15) is 34.3 Å². The van der Waals surface area contributed by atoms with E-state index >= 15 is 0 Å². The molecule has 1 heterocycles. The van der Waals surface area contributed by atoms with Crippen molar-refractivity contribution in [3.05, 3.63) is 59.2 Å². The highest BCUT2D eigenvalue weighted by Gasteiger charge is 2.13. The number of imidazole rings is 1. The Morgan fingerprint density at radius 3 is 2.67 bits per heavy atom. The molecule has 0 aliphatic heterocycles. The third-order valence-electron chi connectivity index (χ3n) is 3.92. The molecule has 0 saturated carbocycles. The molecule has 3 aromatic rings. The molecule has 0 unspecified atom stereocenters. The average molecular weight is 321 g/mol. The number of hydrogen-bond donors (Lipinski definition) is 2. The van der Waals surface area contributed by atoms with Crippen molar-refractivity contribution in [1.82, 2.24) is 9.97 Å². The summed E-state index contributed by atoms with van der Waals surface area (Å²) in [5.41, 5.74) is 4.31. The zero-order valence-electron chi connectivity index (χ0n) is 13.7. The number of carbonyl (C=O) groups is 2. The number of hydrogen-bond acceptors (Lipinski definition) is 3. The van der Waals surface area contributed by atoms with Crippen molar-refractivity contribution in [3.8, 4) is 0 Å². The van der Waals surface area contributed by atoms with Gasteiger partial charge >= 0.3 is 0 Å². The number of anilines is 1. The number of benzene rings is 2. The van der Waals surface area contributed by atoms with Crippen LogP contribution in [0, 0.1) is 13.8 Å². The van der Waals surface area contributed by atoms with Crippen molar-refractivity contribution in [1.29, 1.82) is 0 Å². The normalized spacial score (nSPS) is 10.8. The number of nitrogens with zero attached hydrogens (tertiary/aromatic N) is 1. The smallest absolute Gasteiger partial charge is 0.227 e. The molecule has 0 atom stereocenters. The van der Waals surface area contributed by atoms with Crippen LogP contribution in [0.3, 0.4) is 0 Å². The second kappa shape index (κ2) is 6.66. The van der Waals surface area contributed by atoms with Gasteiger partial charge in [-0.15, -0.1) is 0 Å². The Morgan fingerprint density at radius 1 is 1.08 bits per heavy atom. The predicted octanol–water partition coefficient (Wildman–Crippen LogP) is 3.78. The number of nitrogens with one attached hydrogen (secondary N) is 2. The molecule has 0 saturated heterocycles. The molecule has 5 heteroatoms. The number of aromatic amines is 1. The largest absolute Gasteiger partial charge is 0.324 e. The van der Waals surface area contributed by atoms with Crippen molar-refractivity contribution in [2.75, 3.05) is 5.32 Å². The molecule has 0 aliphatic rings. The minimum absolute atomic E-state index is 0.0176. The van der Waals surface area contributed by atoms with E-state index in [1.165, 1.54) is 0 Å². The fourth-order valence-electron chi connectivity index (χ4n) is 2.60. The standard InChI is InChI=1S/C19H19N3O2/c1-12-7-8-13(2)14(11-12)17(23)9-10-18(24)22-19-20-15-5-3-4-6-16(15)21-19/h3-8,11H,9-10H2,1-2H3,(H2,20,21,22,24). The first-order chi connectivity index (χ1) is 11.5. The number of amides is 1. The SMILES string of the molecule is Cc1ccc(C)c(C(=O)CCC(=O)Nc2nc3ccccc3[nH]2)c1. The van der Waals surface area contributed by atoms with Crippen LogP contribution in [0.25, 0.3) is 11.0 Å². The first kappa shape index (κ1) is 15.9. The van der Waals surface area contributed by atoms with E-state index in [1.807, 2.05) is 56.3 Å². The van der Waals surface area contributed by atoms with Gasteiger partial charge in [-0.25, -0.2) is 4.98 Å². The molecule has 0 spiro atoms. The van der Waals surface area contributed by atoms with Crippen LogP contribution in [0.15, 0.2) is 42.5 Å². The van der Waals surface area contributed by atoms with Crippen LogP contribution in [-0.4, -0.2) is 21.7 Å². The lowest BCUT2D eigenvalue weighted by atomic mass is 9.99. The van der Waals surface area contributed by atoms with Gasteiger partial charge in [0.05, 0.1) is 11.0 Å². The highest BCUT2D eigenvalue weighted by molar-refractivity contribution is 6.01. The summed E-state index contributed by atoms with van der Waals surface area (Å²) in [5.74, 6) is 0.157. The molecular formula is C19H19N3O2. The highest BCUT2D eigenvalue weighted by atomic mass is 16.2. The third kappa shape index (κ3) is 3.51. The molecule has 1 amide bonds. The summed E-state index contributed by atoms with van der Waals surface area (Å²) in [5, 5.41) is 2.71. The van der Waals surface area contributed by atoms with Crippen molar-refractivity contribution in [2.45, 2.75) is 26.7 Å². The lowest BCUT2D eigenvalue weighted by Crippen LogP contribution is -2.14. The van der Waals surface area contributed by atoms with E-state index in [9.17, 15) is 9.59 Å². The number of fused-ring (bicyclic) bond motifs is 1. The minimum atomic E-state index is -0.229. The maximum Gasteiger partial charge on any atom is 0.227 e. The van der Waals surface area contributed by atoms with Crippen LogP contribution in [0.5, 0.6) is 0 Å². The van der Waals surface area contributed by atoms with Crippen LogP contribution in [0.2, 0.25) is 0 Å². The predicted molar refractivity (Wildman–Crippen MR) is 94.2 cm³/mol. The van der Waals surface area contributed by atoms with Gasteiger partial charge in [-0.1, -0.05) is 29.8 Å². The molecule has 24 heavy (non-hydrogen) atoms. The van der Waals surface area contributed by atoms with Crippen molar-refractivity contribution in [2.24, 2.45) is 0 Å². The van der Waals surface area contributed by atoms with Gasteiger partial charge in [-0.05, 0) is 37.6 Å². The van der Waals surface area contributed by atoms with Gasteiger partial charge in [0.1, 0.15) is 0 Å². The number of para-hydroxylation sites is 2. The Bertz CT molecular complexity index is 879. The van der Waals surface area contributed by atoms with E-state index < -0.39 is 0 Å². The number of aromatic nitrogens is 2. The van der Waals surface area contributed by atoms with Crippen molar-refractivity contribution in [3.63, 3.8) is 0 Å². The Kier molecular flexibility index (Phi) is 4.42. The van der Waals surface area contributed by atoms with E-state index in [0.29, 0.717) is 11.5 Å². The molecular weight excluding hydrogens is 302 g/mol. The number of aryl methyl sites for hydroxylation is 2. The molecule has 0 bridgehead atoms. The van der Waals surface area contributed by atoms with E-state index in [1.54, 1.807) is 0 Å². The van der Waals surface area contributed by atoms with Crippen LogP contribution < -0.4 is 5.32 Å². The maximum atomic E-state index is 12.3. The van der Waals surface area contributed by atoms with Crippen LogP contribution in [-0.2, 0) is 4.79 Å². The van der Waals surface area contributed by atoms with Crippen molar-refractivity contribution < 1.29 is 9.59 Å². The summed E-state index contributed by atoms with van der Waals surface area (Å²) in [4.78, 5) is 31.7. The molecule has 5 nitrogen and oxygen atoms in total. The van der Waals surface area contributed by atoms with Gasteiger partial charge < -0.3 is 4.98 Å². The highest BCUT2D eigenvalue weighted by Crippen LogP contribution is 2.15. The van der Waals surface area contributed by atoms with Gasteiger partial charge in [-0.2, -0.15) is 0 Å². The molecule has 2 aromatic carbocycles. The van der Waals surface area contributed by atoms with Gasteiger partial charge in [0.2, 0.25) is 11.9 Å². The summed E-state index contributed by atoms with van der Waals surface area (Å²) in [6, 6.07) is 13.3. The Balaban J connectivity index is 1.61. The molecule has 0 aliphatic carbocycles. The molecule has 2 N–H and O–H groups in total. The molecule has 0 radical (unpaired) electrons. The summed E-state index contributed by atoms with van der Waals surface area (Å²) in [6.07, 6.45) is 0.305. The number of ketones is 1. The lowest BCUT2D eigenvalue weighted by molar-refractivity contribution is -0.116. The van der Waals surface area contributed by atoms with Gasteiger partial charge in [0, 0.05) is 18.4 Å². The number of H-pyrrole nitrogens is 1. The summed E-state index contributed by atoms with van der Waals surface area (Å²) in [6.45, 7) is 3.85. The molecule has 3 rings (SSSR count). The Labute approximate surface area is 140 Å². The summed E-state index contributed by atoms with van der Waals surface area (Å²) < 4.78 is 0. The molecule has 122 valence electrons. The van der Waals surface area contributed by atoms with E-state index in [4.69, 9.17) is 0 Å². The third-order valence-corrected chi connectivity index (χ3v) is 3.92. The average Bonchev–Trinajstić information content (AvgIpc) is 2.97. The Hall–Kier alpha value is -2.95. The van der Waals surface area contributed by atoms with Crippen LogP contribution in [0.4, 0.5) is 5.95 Å². The first-order valence-electron chi connectivity index (χ1n) is 7.88. The van der Waals surface area contributed by atoms with Gasteiger partial charge in [0.15, 0.2) is 5.78 Å². The number of rotatable bonds is 5. The number of Topliss-reactive ketones (excluding diaryl/α,β-unsaturated/α-hetero) is 1. The van der Waals surface area contributed by atoms with E-state index in [2.05, 4.69) is 15.3 Å². The second-order valence-corrected chi connectivity index (χ2v) is 5.89. The summed E-state index contributed by atoms with van der Waals surface area (Å²) in [7, 11) is 0. The lowest BCUT2D eigenvalue weighted by Gasteiger charge is -2.06. The Morgan fingerprint density at radius 2 is 1.88 bits per heavy atom. The van der Waals surface area contributed by atoms with E-state index in [-0.39, 0.29) is 24.5 Å². The fraction of sp³-hybridized carbons (Fsp3) is 0.211. The summed E-state index contributed by atoms with van der Waals surface area (Å²) >= 11 is 0. The van der Waals surface area contributed by atoms with Crippen molar-refractivity contribution >= 4 is 28.7 Å². The zero-order chi connectivity index (χ0) is 17.1.